The van der Waals surface area contributed by atoms with E-state index in [4.69, 9.17) is 0 Å². The van der Waals surface area contributed by atoms with Gasteiger partial charge in [-0.05, 0) is 80.2 Å². The van der Waals surface area contributed by atoms with Crippen molar-refractivity contribution in [2.75, 3.05) is 6.54 Å². The summed E-state index contributed by atoms with van der Waals surface area (Å²) in [6.45, 7) is 2.99. The van der Waals surface area contributed by atoms with E-state index >= 15 is 0 Å². The van der Waals surface area contributed by atoms with Crippen LogP contribution in [0.25, 0.3) is 0 Å². The molecule has 0 aliphatic carbocycles. The SMILES string of the molecule is CCCNC(c1cc(F)cc(Br)c1)c1cc(Br)sc1Br. The fourth-order valence-corrected chi connectivity index (χ4v) is 5.37. The maximum absolute atomic E-state index is 13.7. The van der Waals surface area contributed by atoms with Crippen LogP contribution in [0.3, 0.4) is 0 Å². The van der Waals surface area contributed by atoms with Crippen LogP contribution in [0.1, 0.15) is 30.5 Å². The molecule has 0 spiro atoms. The van der Waals surface area contributed by atoms with Crippen LogP contribution in [-0.4, -0.2) is 6.54 Å². The molecule has 1 atom stereocenters. The molecule has 6 heteroatoms. The highest BCUT2D eigenvalue weighted by Gasteiger charge is 2.19. The molecule has 0 saturated heterocycles. The summed E-state index contributed by atoms with van der Waals surface area (Å²) >= 11 is 12.1. The Morgan fingerprint density at radius 2 is 1.95 bits per heavy atom. The van der Waals surface area contributed by atoms with Gasteiger partial charge in [0.2, 0.25) is 0 Å². The zero-order chi connectivity index (χ0) is 14.7. The van der Waals surface area contributed by atoms with Gasteiger partial charge in [-0.2, -0.15) is 0 Å². The van der Waals surface area contributed by atoms with E-state index in [1.165, 1.54) is 6.07 Å². The Hall–Kier alpha value is 0.250. The molecule has 108 valence electrons. The van der Waals surface area contributed by atoms with Crippen molar-refractivity contribution in [3.05, 3.63) is 53.3 Å². The number of thiophene rings is 1. The first-order valence-electron chi connectivity index (χ1n) is 6.15. The minimum absolute atomic E-state index is 0.0288. The van der Waals surface area contributed by atoms with Crippen molar-refractivity contribution in [3.8, 4) is 0 Å². The Labute approximate surface area is 147 Å². The maximum atomic E-state index is 13.7. The van der Waals surface area contributed by atoms with Crippen LogP contribution in [0, 0.1) is 5.82 Å². The average Bonchev–Trinajstić information content (AvgIpc) is 2.68. The minimum atomic E-state index is -0.233. The molecule has 0 aliphatic rings. The van der Waals surface area contributed by atoms with Gasteiger partial charge in [-0.15, -0.1) is 11.3 Å². The van der Waals surface area contributed by atoms with Crippen molar-refractivity contribution >= 4 is 59.1 Å². The third-order valence-electron chi connectivity index (χ3n) is 2.81. The summed E-state index contributed by atoms with van der Waals surface area (Å²) < 4.78 is 16.5. The second-order valence-electron chi connectivity index (χ2n) is 4.37. The molecule has 0 amide bonds. The molecule has 0 aliphatic heterocycles. The highest BCUT2D eigenvalue weighted by atomic mass is 79.9. The third kappa shape index (κ3) is 4.13. The van der Waals surface area contributed by atoms with Gasteiger partial charge in [0.1, 0.15) is 5.82 Å². The van der Waals surface area contributed by atoms with E-state index in [-0.39, 0.29) is 11.9 Å². The van der Waals surface area contributed by atoms with Gasteiger partial charge in [0.25, 0.3) is 0 Å². The Kier molecular flexibility index (Phi) is 6.23. The van der Waals surface area contributed by atoms with E-state index in [9.17, 15) is 4.39 Å². The maximum Gasteiger partial charge on any atom is 0.124 e. The number of halogens is 4. The van der Waals surface area contributed by atoms with Crippen LogP contribution in [0.4, 0.5) is 4.39 Å². The van der Waals surface area contributed by atoms with Gasteiger partial charge in [0.15, 0.2) is 0 Å². The van der Waals surface area contributed by atoms with Crippen LogP contribution < -0.4 is 5.32 Å². The van der Waals surface area contributed by atoms with Gasteiger partial charge in [-0.1, -0.05) is 22.9 Å². The van der Waals surface area contributed by atoms with Gasteiger partial charge in [0, 0.05) is 4.47 Å². The zero-order valence-electron chi connectivity index (χ0n) is 10.7. The summed E-state index contributed by atoms with van der Waals surface area (Å²) in [5.74, 6) is -0.233. The number of benzene rings is 1. The summed E-state index contributed by atoms with van der Waals surface area (Å²) in [7, 11) is 0. The fourth-order valence-electron chi connectivity index (χ4n) is 1.99. The predicted octanol–water partition coefficient (Wildman–Crippen LogP) is 6.26. The van der Waals surface area contributed by atoms with Crippen LogP contribution >= 0.6 is 59.1 Å². The number of rotatable bonds is 5. The highest BCUT2D eigenvalue weighted by Crippen LogP contribution is 2.38. The van der Waals surface area contributed by atoms with Gasteiger partial charge >= 0.3 is 0 Å². The Bertz CT molecular complexity index is 580. The standard InChI is InChI=1S/C14H13Br3FNS/c1-2-3-19-13(11-7-12(16)20-14(11)17)8-4-9(15)6-10(18)5-8/h4-7,13,19H,2-3H2,1H3. The van der Waals surface area contributed by atoms with E-state index in [2.05, 4.69) is 66.1 Å². The quantitative estimate of drug-likeness (QED) is 0.526. The van der Waals surface area contributed by atoms with E-state index in [0.717, 1.165) is 36.1 Å². The summed E-state index contributed by atoms with van der Waals surface area (Å²) in [6, 6.07) is 7.04. The van der Waals surface area contributed by atoms with Crippen molar-refractivity contribution in [3.63, 3.8) is 0 Å². The van der Waals surface area contributed by atoms with E-state index in [1.807, 2.05) is 6.07 Å². The molecule has 20 heavy (non-hydrogen) atoms. The van der Waals surface area contributed by atoms with Crippen LogP contribution in [0.2, 0.25) is 0 Å². The van der Waals surface area contributed by atoms with E-state index < -0.39 is 0 Å². The molecule has 0 bridgehead atoms. The molecule has 1 aromatic heterocycles. The zero-order valence-corrected chi connectivity index (χ0v) is 16.3. The van der Waals surface area contributed by atoms with Crippen LogP contribution in [-0.2, 0) is 0 Å². The highest BCUT2D eigenvalue weighted by molar-refractivity contribution is 9.12. The number of nitrogens with one attached hydrogen (secondary N) is 1. The molecule has 1 N–H and O–H groups in total. The lowest BCUT2D eigenvalue weighted by molar-refractivity contribution is 0.585. The average molecular weight is 486 g/mol. The fraction of sp³-hybridized carbons (Fsp3) is 0.286. The largest absolute Gasteiger partial charge is 0.306 e. The summed E-state index contributed by atoms with van der Waals surface area (Å²) in [5, 5.41) is 3.48. The Balaban J connectivity index is 2.43. The second-order valence-corrected chi connectivity index (χ2v) is 9.03. The minimum Gasteiger partial charge on any atom is -0.306 e. The molecular formula is C14H13Br3FNS. The van der Waals surface area contributed by atoms with Crippen LogP contribution in [0.15, 0.2) is 36.3 Å². The molecule has 0 saturated carbocycles. The Morgan fingerprint density at radius 3 is 2.50 bits per heavy atom. The lowest BCUT2D eigenvalue weighted by Gasteiger charge is -2.19. The van der Waals surface area contributed by atoms with Crippen molar-refractivity contribution in [1.82, 2.24) is 5.32 Å². The van der Waals surface area contributed by atoms with Gasteiger partial charge in [0.05, 0.1) is 13.6 Å². The number of hydrogen-bond donors (Lipinski definition) is 1. The molecule has 2 rings (SSSR count). The first-order valence-corrected chi connectivity index (χ1v) is 9.35. The van der Waals surface area contributed by atoms with Crippen molar-refractivity contribution in [2.45, 2.75) is 19.4 Å². The molecular weight excluding hydrogens is 473 g/mol. The third-order valence-corrected chi connectivity index (χ3v) is 5.65. The summed E-state index contributed by atoms with van der Waals surface area (Å²) in [6.07, 6.45) is 1.02. The Morgan fingerprint density at radius 1 is 1.20 bits per heavy atom. The van der Waals surface area contributed by atoms with Gasteiger partial charge < -0.3 is 5.32 Å². The van der Waals surface area contributed by atoms with Crippen molar-refractivity contribution in [2.24, 2.45) is 0 Å². The smallest absolute Gasteiger partial charge is 0.124 e. The molecule has 2 aromatic rings. The molecule has 1 unspecified atom stereocenters. The molecule has 1 heterocycles. The summed E-state index contributed by atoms with van der Waals surface area (Å²) in [4.78, 5) is 0. The van der Waals surface area contributed by atoms with Crippen molar-refractivity contribution in [1.29, 1.82) is 0 Å². The lowest BCUT2D eigenvalue weighted by Crippen LogP contribution is -2.23. The van der Waals surface area contributed by atoms with Gasteiger partial charge in [-0.25, -0.2) is 4.39 Å². The van der Waals surface area contributed by atoms with Crippen LogP contribution in [0.5, 0.6) is 0 Å². The first kappa shape index (κ1) is 16.6. The predicted molar refractivity (Wildman–Crippen MR) is 94.0 cm³/mol. The summed E-state index contributed by atoms with van der Waals surface area (Å²) in [5.41, 5.74) is 2.03. The van der Waals surface area contributed by atoms with Crippen molar-refractivity contribution < 1.29 is 4.39 Å². The molecule has 1 nitrogen and oxygen atoms in total. The molecule has 0 radical (unpaired) electrons. The molecule has 0 fully saturated rings. The topological polar surface area (TPSA) is 12.0 Å². The molecule has 1 aromatic carbocycles. The van der Waals surface area contributed by atoms with E-state index in [1.54, 1.807) is 17.4 Å². The lowest BCUT2D eigenvalue weighted by atomic mass is 10.0. The van der Waals surface area contributed by atoms with Gasteiger partial charge in [-0.3, -0.25) is 0 Å². The second kappa shape index (κ2) is 7.49. The first-order chi connectivity index (χ1) is 9.51. The number of hydrogen-bond acceptors (Lipinski definition) is 2. The van der Waals surface area contributed by atoms with E-state index in [0.29, 0.717) is 0 Å². The monoisotopic (exact) mass is 483 g/mol. The normalized spacial score (nSPS) is 12.7.